The number of benzene rings is 1. The van der Waals surface area contributed by atoms with Crippen LogP contribution in [0.25, 0.3) is 0 Å². The second-order valence-corrected chi connectivity index (χ2v) is 7.40. The van der Waals surface area contributed by atoms with Gasteiger partial charge in [0.1, 0.15) is 0 Å². The molecule has 1 aromatic rings. The van der Waals surface area contributed by atoms with E-state index in [1.807, 2.05) is 13.0 Å². The fourth-order valence-corrected chi connectivity index (χ4v) is 3.46. The molecule has 3 rings (SSSR count). The van der Waals surface area contributed by atoms with Gasteiger partial charge in [0, 0.05) is 38.8 Å². The van der Waals surface area contributed by atoms with Crippen LogP contribution < -0.4 is 14.8 Å². The molecule has 0 spiro atoms. The number of amides is 1. The molecule has 0 radical (unpaired) electrons. The molecule has 2 aliphatic rings. The molecule has 1 N–H and O–H groups in total. The number of methoxy groups -OCH3 is 2. The highest BCUT2D eigenvalue weighted by Gasteiger charge is 2.30. The molecule has 1 saturated carbocycles. The fourth-order valence-electron chi connectivity index (χ4n) is 3.46. The topological polar surface area (TPSA) is 54.0 Å². The third kappa shape index (κ3) is 4.48. The molecule has 6 nitrogen and oxygen atoms in total. The Balaban J connectivity index is 1.54. The maximum atomic E-state index is 12.2. The molecular weight excluding hydrogens is 330 g/mol. The molecule has 0 unspecified atom stereocenters. The normalized spacial score (nSPS) is 19.8. The first-order valence-corrected chi connectivity index (χ1v) is 9.50. The average molecular weight is 361 g/mol. The van der Waals surface area contributed by atoms with E-state index in [0.717, 1.165) is 57.1 Å². The lowest BCUT2D eigenvalue weighted by Crippen LogP contribution is -2.53. The lowest BCUT2D eigenvalue weighted by atomic mass is 10.1. The minimum absolute atomic E-state index is 0.0411. The number of ether oxygens (including phenoxy) is 2. The van der Waals surface area contributed by atoms with E-state index in [-0.39, 0.29) is 11.9 Å². The molecule has 1 saturated heterocycles. The Bertz CT molecular complexity index is 637. The van der Waals surface area contributed by atoms with Crippen molar-refractivity contribution in [2.75, 3.05) is 40.4 Å². The first kappa shape index (κ1) is 19.0. The number of aryl methyl sites for hydroxylation is 1. The zero-order valence-corrected chi connectivity index (χ0v) is 16.4. The molecule has 26 heavy (non-hydrogen) atoms. The van der Waals surface area contributed by atoms with Crippen LogP contribution in [0.15, 0.2) is 12.1 Å². The molecule has 0 bridgehead atoms. The van der Waals surface area contributed by atoms with Crippen molar-refractivity contribution >= 4 is 5.91 Å². The SMILES string of the molecule is COc1cc(C)c(CN2CCN([C@@H](C)C(=O)NC3CC3)CC2)cc1OC. The number of nitrogens with one attached hydrogen (secondary N) is 1. The Labute approximate surface area is 156 Å². The Hall–Kier alpha value is -1.79. The van der Waals surface area contributed by atoms with E-state index in [4.69, 9.17) is 9.47 Å². The molecule has 1 aliphatic heterocycles. The summed E-state index contributed by atoms with van der Waals surface area (Å²) in [5.74, 6) is 1.72. The van der Waals surface area contributed by atoms with Gasteiger partial charge >= 0.3 is 0 Å². The molecule has 144 valence electrons. The van der Waals surface area contributed by atoms with Crippen molar-refractivity contribution < 1.29 is 14.3 Å². The lowest BCUT2D eigenvalue weighted by molar-refractivity contribution is -0.126. The van der Waals surface area contributed by atoms with Gasteiger partial charge in [0.2, 0.25) is 5.91 Å². The quantitative estimate of drug-likeness (QED) is 0.803. The van der Waals surface area contributed by atoms with Gasteiger partial charge in [-0.25, -0.2) is 0 Å². The van der Waals surface area contributed by atoms with Crippen LogP contribution in [-0.2, 0) is 11.3 Å². The average Bonchev–Trinajstić information content (AvgIpc) is 3.47. The third-order valence-corrected chi connectivity index (χ3v) is 5.49. The fraction of sp³-hybridized carbons (Fsp3) is 0.650. The van der Waals surface area contributed by atoms with E-state index in [9.17, 15) is 4.79 Å². The minimum atomic E-state index is -0.0411. The summed E-state index contributed by atoms with van der Waals surface area (Å²) >= 11 is 0. The largest absolute Gasteiger partial charge is 0.493 e. The van der Waals surface area contributed by atoms with Crippen molar-refractivity contribution in [2.45, 2.75) is 45.3 Å². The first-order valence-electron chi connectivity index (χ1n) is 9.50. The second-order valence-electron chi connectivity index (χ2n) is 7.40. The second kappa shape index (κ2) is 8.27. The molecule has 6 heteroatoms. The number of carbonyl (C=O) groups is 1. The Morgan fingerprint density at radius 2 is 1.77 bits per heavy atom. The van der Waals surface area contributed by atoms with Crippen LogP contribution in [0.1, 0.15) is 30.9 Å². The van der Waals surface area contributed by atoms with Gasteiger partial charge in [0.25, 0.3) is 0 Å². The summed E-state index contributed by atoms with van der Waals surface area (Å²) in [6, 6.07) is 4.50. The minimum Gasteiger partial charge on any atom is -0.493 e. The van der Waals surface area contributed by atoms with E-state index >= 15 is 0 Å². The number of piperazine rings is 1. The van der Waals surface area contributed by atoms with Crippen LogP contribution in [-0.4, -0.2) is 68.2 Å². The van der Waals surface area contributed by atoms with Gasteiger partial charge in [-0.1, -0.05) is 0 Å². The zero-order valence-electron chi connectivity index (χ0n) is 16.4. The molecule has 2 fully saturated rings. The Morgan fingerprint density at radius 3 is 2.35 bits per heavy atom. The highest BCUT2D eigenvalue weighted by molar-refractivity contribution is 5.81. The summed E-state index contributed by atoms with van der Waals surface area (Å²) < 4.78 is 10.8. The van der Waals surface area contributed by atoms with Crippen molar-refractivity contribution in [3.05, 3.63) is 23.3 Å². The summed E-state index contributed by atoms with van der Waals surface area (Å²) in [4.78, 5) is 17.0. The highest BCUT2D eigenvalue weighted by atomic mass is 16.5. The predicted molar refractivity (Wildman–Crippen MR) is 102 cm³/mol. The van der Waals surface area contributed by atoms with Crippen LogP contribution in [0.2, 0.25) is 0 Å². The van der Waals surface area contributed by atoms with E-state index in [1.165, 1.54) is 11.1 Å². The molecular formula is C20H31N3O3. The van der Waals surface area contributed by atoms with Gasteiger partial charge in [-0.15, -0.1) is 0 Å². The summed E-state index contributed by atoms with van der Waals surface area (Å²) in [5.41, 5.74) is 2.47. The molecule has 1 aromatic carbocycles. The van der Waals surface area contributed by atoms with Crippen molar-refractivity contribution in [2.24, 2.45) is 0 Å². The highest BCUT2D eigenvalue weighted by Crippen LogP contribution is 2.31. The molecule has 1 heterocycles. The third-order valence-electron chi connectivity index (χ3n) is 5.49. The van der Waals surface area contributed by atoms with Crippen LogP contribution in [0.5, 0.6) is 11.5 Å². The van der Waals surface area contributed by atoms with Crippen molar-refractivity contribution in [3.8, 4) is 11.5 Å². The summed E-state index contributed by atoms with van der Waals surface area (Å²) in [5, 5.41) is 3.11. The molecule has 1 amide bonds. The predicted octanol–water partition coefficient (Wildman–Crippen LogP) is 1.80. The van der Waals surface area contributed by atoms with Crippen molar-refractivity contribution in [1.29, 1.82) is 0 Å². The van der Waals surface area contributed by atoms with Gasteiger partial charge in [0.15, 0.2) is 11.5 Å². The number of carbonyl (C=O) groups excluding carboxylic acids is 1. The Morgan fingerprint density at radius 1 is 1.15 bits per heavy atom. The maximum Gasteiger partial charge on any atom is 0.237 e. The van der Waals surface area contributed by atoms with E-state index in [2.05, 4.69) is 28.1 Å². The van der Waals surface area contributed by atoms with Crippen LogP contribution in [0.3, 0.4) is 0 Å². The number of hydrogen-bond donors (Lipinski definition) is 1. The maximum absolute atomic E-state index is 12.2. The van der Waals surface area contributed by atoms with Gasteiger partial charge in [0.05, 0.1) is 20.3 Å². The number of nitrogens with zero attached hydrogens (tertiary/aromatic N) is 2. The number of hydrogen-bond acceptors (Lipinski definition) is 5. The zero-order chi connectivity index (χ0) is 18.7. The Kier molecular flexibility index (Phi) is 6.04. The smallest absolute Gasteiger partial charge is 0.237 e. The van der Waals surface area contributed by atoms with E-state index in [0.29, 0.717) is 6.04 Å². The monoisotopic (exact) mass is 361 g/mol. The molecule has 1 aliphatic carbocycles. The van der Waals surface area contributed by atoms with Crippen molar-refractivity contribution in [1.82, 2.24) is 15.1 Å². The van der Waals surface area contributed by atoms with E-state index < -0.39 is 0 Å². The van der Waals surface area contributed by atoms with Crippen LogP contribution in [0, 0.1) is 6.92 Å². The van der Waals surface area contributed by atoms with Crippen molar-refractivity contribution in [3.63, 3.8) is 0 Å². The van der Waals surface area contributed by atoms with Gasteiger partial charge < -0.3 is 14.8 Å². The van der Waals surface area contributed by atoms with Crippen LogP contribution >= 0.6 is 0 Å². The summed E-state index contributed by atoms with van der Waals surface area (Å²) in [7, 11) is 3.33. The molecule has 1 atom stereocenters. The summed E-state index contributed by atoms with van der Waals surface area (Å²) in [6.45, 7) is 8.80. The lowest BCUT2D eigenvalue weighted by Gasteiger charge is -2.37. The van der Waals surface area contributed by atoms with E-state index in [1.54, 1.807) is 14.2 Å². The van der Waals surface area contributed by atoms with Gasteiger partial charge in [-0.2, -0.15) is 0 Å². The standard InChI is InChI=1S/C20H31N3O3/c1-14-11-18(25-3)19(26-4)12-16(14)13-22-7-9-23(10-8-22)15(2)20(24)21-17-5-6-17/h11-12,15,17H,5-10,13H2,1-4H3,(H,21,24)/t15-/m0/s1. The molecule has 0 aromatic heterocycles. The first-order chi connectivity index (χ1) is 12.5. The van der Waals surface area contributed by atoms with Gasteiger partial charge in [-0.05, 0) is 49.9 Å². The summed E-state index contributed by atoms with van der Waals surface area (Å²) in [6.07, 6.45) is 2.27. The van der Waals surface area contributed by atoms with Crippen LogP contribution in [0.4, 0.5) is 0 Å². The number of rotatable bonds is 7. The van der Waals surface area contributed by atoms with Gasteiger partial charge in [-0.3, -0.25) is 14.6 Å².